The van der Waals surface area contributed by atoms with Gasteiger partial charge in [0.05, 0.1) is 12.9 Å². The molecule has 0 bridgehead atoms. The van der Waals surface area contributed by atoms with Gasteiger partial charge in [0.1, 0.15) is 24.1 Å². The molecule has 0 aliphatic carbocycles. The van der Waals surface area contributed by atoms with Gasteiger partial charge in [0.2, 0.25) is 0 Å². The third-order valence-corrected chi connectivity index (χ3v) is 3.42. The van der Waals surface area contributed by atoms with Crippen molar-refractivity contribution >= 4 is 23.0 Å². The molecule has 2 aromatic rings. The van der Waals surface area contributed by atoms with Gasteiger partial charge < -0.3 is 25.4 Å². The van der Waals surface area contributed by atoms with Crippen molar-refractivity contribution in [3.63, 3.8) is 0 Å². The van der Waals surface area contributed by atoms with Crippen LogP contribution in [0, 0.1) is 0 Å². The minimum atomic E-state index is -1.42. The Labute approximate surface area is 124 Å². The Balaban J connectivity index is 1.94. The normalized spacial score (nSPS) is 28.1. The van der Waals surface area contributed by atoms with Crippen LogP contribution in [0.3, 0.4) is 0 Å². The molecule has 0 spiro atoms. The Morgan fingerprint density at radius 3 is 2.91 bits per heavy atom. The summed E-state index contributed by atoms with van der Waals surface area (Å²) in [4.78, 5) is 23.6. The number of ether oxygens (including phenoxy) is 2. The van der Waals surface area contributed by atoms with Crippen LogP contribution in [0.1, 0.15) is 13.2 Å². The van der Waals surface area contributed by atoms with Crippen LogP contribution in [-0.2, 0) is 14.3 Å². The van der Waals surface area contributed by atoms with Gasteiger partial charge >= 0.3 is 5.97 Å². The quantitative estimate of drug-likeness (QED) is 0.582. The molecule has 0 aromatic carbocycles. The molecule has 3 heterocycles. The molecule has 3 rings (SSSR count). The number of hydrogen-bond donors (Lipinski definition) is 3. The van der Waals surface area contributed by atoms with Gasteiger partial charge in [0.25, 0.3) is 0 Å². The zero-order chi connectivity index (χ0) is 15.9. The van der Waals surface area contributed by atoms with E-state index in [1.165, 1.54) is 17.2 Å². The summed E-state index contributed by atoms with van der Waals surface area (Å²) in [7, 11) is 0. The first-order chi connectivity index (χ1) is 10.5. The average molecular weight is 309 g/mol. The summed E-state index contributed by atoms with van der Waals surface area (Å²) < 4.78 is 11.6. The summed E-state index contributed by atoms with van der Waals surface area (Å²) in [5.74, 6) is -0.561. The Morgan fingerprint density at radius 1 is 1.41 bits per heavy atom. The third-order valence-electron chi connectivity index (χ3n) is 3.42. The number of fused-ring (bicyclic) bond motifs is 1. The number of carbonyl (C=O) groups excluding carboxylic acids is 1. The lowest BCUT2D eigenvalue weighted by atomic mass is 10.1. The minimum Gasteiger partial charge on any atom is -0.464 e. The summed E-state index contributed by atoms with van der Waals surface area (Å²) >= 11 is 0. The van der Waals surface area contributed by atoms with Crippen LogP contribution in [-0.4, -0.2) is 60.6 Å². The maximum Gasteiger partial charge on any atom is 0.338 e. The zero-order valence-electron chi connectivity index (χ0n) is 11.7. The average Bonchev–Trinajstić information content (AvgIpc) is 3.03. The molecule has 118 valence electrons. The van der Waals surface area contributed by atoms with Crippen molar-refractivity contribution in [2.75, 3.05) is 12.3 Å². The van der Waals surface area contributed by atoms with Crippen LogP contribution in [0.25, 0.3) is 11.2 Å². The van der Waals surface area contributed by atoms with E-state index >= 15 is 0 Å². The van der Waals surface area contributed by atoms with Gasteiger partial charge in [-0.1, -0.05) is 0 Å². The number of nitrogens with zero attached hydrogens (tertiary/aromatic N) is 4. The molecule has 0 radical (unpaired) electrons. The Morgan fingerprint density at radius 2 is 2.18 bits per heavy atom. The third kappa shape index (κ3) is 2.17. The number of anilines is 1. The van der Waals surface area contributed by atoms with Crippen molar-refractivity contribution in [1.29, 1.82) is 0 Å². The van der Waals surface area contributed by atoms with Crippen molar-refractivity contribution in [2.24, 2.45) is 0 Å². The SMILES string of the molecule is CCOC(=O)[C@@H]1O[C@H](n2cnc3c(N)ncnc32)[C@@H](O)[C@@H]1O. The largest absolute Gasteiger partial charge is 0.464 e. The first kappa shape index (κ1) is 14.6. The number of nitrogens with two attached hydrogens (primary N) is 1. The van der Waals surface area contributed by atoms with Crippen molar-refractivity contribution in [1.82, 2.24) is 19.5 Å². The van der Waals surface area contributed by atoms with Gasteiger partial charge in [-0.3, -0.25) is 4.57 Å². The molecule has 10 nitrogen and oxygen atoms in total. The fraction of sp³-hybridized carbons (Fsp3) is 0.500. The Hall–Kier alpha value is -2.30. The predicted octanol–water partition coefficient (Wildman–Crippen LogP) is -1.41. The van der Waals surface area contributed by atoms with Crippen LogP contribution in [0.4, 0.5) is 5.82 Å². The van der Waals surface area contributed by atoms with Crippen LogP contribution in [0.5, 0.6) is 0 Å². The van der Waals surface area contributed by atoms with Crippen molar-refractivity contribution < 1.29 is 24.5 Å². The maximum absolute atomic E-state index is 11.7. The van der Waals surface area contributed by atoms with E-state index in [0.29, 0.717) is 11.2 Å². The Kier molecular flexibility index (Phi) is 3.64. The lowest BCUT2D eigenvalue weighted by Crippen LogP contribution is -2.37. The number of imidazole rings is 1. The van der Waals surface area contributed by atoms with E-state index in [-0.39, 0.29) is 12.4 Å². The highest BCUT2D eigenvalue weighted by molar-refractivity contribution is 5.81. The molecule has 4 N–H and O–H groups in total. The molecule has 22 heavy (non-hydrogen) atoms. The van der Waals surface area contributed by atoms with Gasteiger partial charge in [0.15, 0.2) is 23.8 Å². The molecule has 4 atom stereocenters. The van der Waals surface area contributed by atoms with E-state index < -0.39 is 30.5 Å². The lowest BCUT2D eigenvalue weighted by Gasteiger charge is -2.16. The van der Waals surface area contributed by atoms with Gasteiger partial charge in [0, 0.05) is 0 Å². The van der Waals surface area contributed by atoms with Crippen LogP contribution in [0.15, 0.2) is 12.7 Å². The van der Waals surface area contributed by atoms with E-state index in [1.54, 1.807) is 6.92 Å². The van der Waals surface area contributed by atoms with Crippen LogP contribution >= 0.6 is 0 Å². The molecule has 1 fully saturated rings. The summed E-state index contributed by atoms with van der Waals surface area (Å²) in [6.45, 7) is 1.78. The number of nitrogen functional groups attached to an aromatic ring is 1. The highest BCUT2D eigenvalue weighted by Crippen LogP contribution is 2.32. The summed E-state index contributed by atoms with van der Waals surface area (Å²) in [6.07, 6.45) is -2.48. The summed E-state index contributed by atoms with van der Waals surface area (Å²) in [5, 5.41) is 20.1. The van der Waals surface area contributed by atoms with Crippen molar-refractivity contribution in [2.45, 2.75) is 31.5 Å². The molecular formula is C12H15N5O5. The van der Waals surface area contributed by atoms with Gasteiger partial charge in [-0.25, -0.2) is 19.7 Å². The van der Waals surface area contributed by atoms with E-state index in [4.69, 9.17) is 15.2 Å². The second kappa shape index (κ2) is 5.48. The van der Waals surface area contributed by atoms with E-state index in [1.807, 2.05) is 0 Å². The zero-order valence-corrected chi connectivity index (χ0v) is 11.7. The molecule has 1 aliphatic rings. The summed E-state index contributed by atoms with van der Waals surface area (Å²) in [6, 6.07) is 0. The number of carbonyl (C=O) groups is 1. The Bertz CT molecular complexity index is 704. The smallest absolute Gasteiger partial charge is 0.338 e. The van der Waals surface area contributed by atoms with Crippen molar-refractivity contribution in [3.8, 4) is 0 Å². The van der Waals surface area contributed by atoms with Crippen LogP contribution in [0.2, 0.25) is 0 Å². The standard InChI is InChI=1S/C12H15N5O5/c1-2-21-12(20)8-6(18)7(19)11(22-8)17-4-16-5-9(13)14-3-15-10(5)17/h3-4,6-8,11,18-19H,2H2,1H3,(H2,13,14,15)/t6-,7-,8+,11-/m0/s1. The second-order valence-electron chi connectivity index (χ2n) is 4.76. The number of aromatic nitrogens is 4. The molecule has 2 aromatic heterocycles. The fourth-order valence-corrected chi connectivity index (χ4v) is 2.36. The molecular weight excluding hydrogens is 294 g/mol. The molecule has 0 amide bonds. The first-order valence-corrected chi connectivity index (χ1v) is 6.65. The highest BCUT2D eigenvalue weighted by Gasteiger charge is 2.48. The number of hydrogen-bond acceptors (Lipinski definition) is 9. The summed E-state index contributed by atoms with van der Waals surface area (Å²) in [5.41, 5.74) is 6.36. The maximum atomic E-state index is 11.7. The molecule has 0 unspecified atom stereocenters. The number of esters is 1. The minimum absolute atomic E-state index is 0.143. The van der Waals surface area contributed by atoms with E-state index in [9.17, 15) is 15.0 Å². The fourth-order valence-electron chi connectivity index (χ4n) is 2.36. The van der Waals surface area contributed by atoms with E-state index in [2.05, 4.69) is 15.0 Å². The molecule has 1 aliphatic heterocycles. The second-order valence-corrected chi connectivity index (χ2v) is 4.76. The van der Waals surface area contributed by atoms with Gasteiger partial charge in [-0.2, -0.15) is 0 Å². The number of rotatable bonds is 3. The van der Waals surface area contributed by atoms with Gasteiger partial charge in [-0.15, -0.1) is 0 Å². The monoisotopic (exact) mass is 309 g/mol. The van der Waals surface area contributed by atoms with Crippen molar-refractivity contribution in [3.05, 3.63) is 12.7 Å². The highest BCUT2D eigenvalue weighted by atomic mass is 16.6. The molecule has 0 saturated carbocycles. The number of aliphatic hydroxyl groups is 2. The molecule has 1 saturated heterocycles. The topological polar surface area (TPSA) is 146 Å². The van der Waals surface area contributed by atoms with Gasteiger partial charge in [-0.05, 0) is 6.92 Å². The van der Waals surface area contributed by atoms with E-state index in [0.717, 1.165) is 0 Å². The molecule has 10 heteroatoms. The first-order valence-electron chi connectivity index (χ1n) is 6.65. The van der Waals surface area contributed by atoms with Crippen LogP contribution < -0.4 is 5.73 Å². The lowest BCUT2D eigenvalue weighted by molar-refractivity contribution is -0.161. The number of aliphatic hydroxyl groups excluding tert-OH is 2. The predicted molar refractivity (Wildman–Crippen MR) is 72.3 cm³/mol.